The monoisotopic (exact) mass is 356 g/mol. The summed E-state index contributed by atoms with van der Waals surface area (Å²) in [6, 6.07) is 2.66. The van der Waals surface area contributed by atoms with E-state index < -0.39 is 33.5 Å². The lowest BCUT2D eigenvalue weighted by Crippen LogP contribution is -2.46. The summed E-state index contributed by atoms with van der Waals surface area (Å²) < 4.78 is 28.4. The Morgan fingerprint density at radius 1 is 1.21 bits per heavy atom. The molecule has 0 saturated heterocycles. The molecule has 8 heteroatoms. The second kappa shape index (κ2) is 6.90. The van der Waals surface area contributed by atoms with Crippen molar-refractivity contribution in [2.24, 2.45) is 5.14 Å². The van der Waals surface area contributed by atoms with Crippen LogP contribution in [0.2, 0.25) is 0 Å². The largest absolute Gasteiger partial charge is 0.449 e. The first kappa shape index (κ1) is 20.1. The van der Waals surface area contributed by atoms with E-state index in [0.29, 0.717) is 11.1 Å². The smallest absolute Gasteiger partial charge is 0.338 e. The quantitative estimate of drug-likeness (QED) is 0.791. The van der Waals surface area contributed by atoms with Crippen molar-refractivity contribution in [3.8, 4) is 0 Å². The average molecular weight is 356 g/mol. The average Bonchev–Trinajstić information content (AvgIpc) is 2.38. The van der Waals surface area contributed by atoms with Gasteiger partial charge in [-0.3, -0.25) is 4.79 Å². The number of ether oxygens (including phenoxy) is 1. The predicted octanol–water partition coefficient (Wildman–Crippen LogP) is 1.41. The summed E-state index contributed by atoms with van der Waals surface area (Å²) in [5, 5.41) is 7.87. The minimum atomic E-state index is -3.97. The van der Waals surface area contributed by atoms with Crippen molar-refractivity contribution in [2.45, 2.75) is 58.1 Å². The third kappa shape index (κ3) is 5.31. The molecule has 0 unspecified atom stereocenters. The van der Waals surface area contributed by atoms with E-state index in [1.165, 1.54) is 13.0 Å². The number of rotatable bonds is 4. The Morgan fingerprint density at radius 2 is 1.75 bits per heavy atom. The van der Waals surface area contributed by atoms with Gasteiger partial charge in [0, 0.05) is 5.54 Å². The van der Waals surface area contributed by atoms with Crippen molar-refractivity contribution in [1.29, 1.82) is 0 Å². The van der Waals surface area contributed by atoms with Crippen molar-refractivity contribution < 1.29 is 22.7 Å². The second-order valence-corrected chi connectivity index (χ2v) is 8.28. The number of amides is 1. The highest BCUT2D eigenvalue weighted by Gasteiger charge is 2.24. The SMILES string of the molecule is Cc1cc(C(=O)O[C@H](C)C(=O)NC(C)(C)C)cc(S(N)(=O)=O)c1C. The number of primary sulfonamides is 1. The molecule has 1 aromatic rings. The highest BCUT2D eigenvalue weighted by atomic mass is 32.2. The number of nitrogens with two attached hydrogens (primary N) is 1. The molecular weight excluding hydrogens is 332 g/mol. The molecule has 0 radical (unpaired) electrons. The summed E-state index contributed by atoms with van der Waals surface area (Å²) in [7, 11) is -3.97. The fourth-order valence-electron chi connectivity index (χ4n) is 1.99. The number of aryl methyl sites for hydroxylation is 1. The van der Waals surface area contributed by atoms with E-state index in [2.05, 4.69) is 5.32 Å². The molecule has 0 aliphatic rings. The maximum atomic E-state index is 12.2. The van der Waals surface area contributed by atoms with Crippen LogP contribution in [-0.2, 0) is 19.6 Å². The number of hydrogen-bond acceptors (Lipinski definition) is 5. The summed E-state index contributed by atoms with van der Waals surface area (Å²) in [6.45, 7) is 10.1. The number of esters is 1. The van der Waals surface area contributed by atoms with Crippen molar-refractivity contribution in [1.82, 2.24) is 5.32 Å². The van der Waals surface area contributed by atoms with Gasteiger partial charge in [0.2, 0.25) is 10.0 Å². The van der Waals surface area contributed by atoms with Gasteiger partial charge in [-0.15, -0.1) is 0 Å². The fourth-order valence-corrected chi connectivity index (χ4v) is 2.87. The Labute approximate surface area is 142 Å². The third-order valence-corrected chi connectivity index (χ3v) is 4.35. The molecule has 24 heavy (non-hydrogen) atoms. The molecular formula is C16H24N2O5S. The Hall–Kier alpha value is -1.93. The molecule has 0 saturated carbocycles. The lowest BCUT2D eigenvalue weighted by Gasteiger charge is -2.23. The van der Waals surface area contributed by atoms with Crippen molar-refractivity contribution in [3.63, 3.8) is 0 Å². The Balaban J connectivity index is 3.05. The number of nitrogens with one attached hydrogen (secondary N) is 1. The Morgan fingerprint density at radius 3 is 2.21 bits per heavy atom. The molecule has 1 aromatic carbocycles. The van der Waals surface area contributed by atoms with Gasteiger partial charge < -0.3 is 10.1 Å². The molecule has 0 aliphatic heterocycles. The molecule has 134 valence electrons. The maximum absolute atomic E-state index is 12.2. The van der Waals surface area contributed by atoms with E-state index in [4.69, 9.17) is 9.88 Å². The van der Waals surface area contributed by atoms with Crippen molar-refractivity contribution >= 4 is 21.9 Å². The topological polar surface area (TPSA) is 116 Å². The van der Waals surface area contributed by atoms with E-state index in [-0.39, 0.29) is 10.5 Å². The maximum Gasteiger partial charge on any atom is 0.338 e. The molecule has 7 nitrogen and oxygen atoms in total. The number of hydrogen-bond donors (Lipinski definition) is 2. The lowest BCUT2D eigenvalue weighted by atomic mass is 10.1. The minimum absolute atomic E-state index is 0.0255. The van der Waals surface area contributed by atoms with Crippen LogP contribution in [0, 0.1) is 13.8 Å². The molecule has 0 fully saturated rings. The van der Waals surface area contributed by atoms with Crippen molar-refractivity contribution in [2.75, 3.05) is 0 Å². The molecule has 0 bridgehead atoms. The molecule has 3 N–H and O–H groups in total. The summed E-state index contributed by atoms with van der Waals surface area (Å²) in [4.78, 5) is 24.1. The predicted molar refractivity (Wildman–Crippen MR) is 90.1 cm³/mol. The zero-order valence-corrected chi connectivity index (χ0v) is 15.6. The van der Waals surface area contributed by atoms with Gasteiger partial charge in [0.25, 0.3) is 5.91 Å². The summed E-state index contributed by atoms with van der Waals surface area (Å²) in [6.07, 6.45) is -1.02. The van der Waals surface area contributed by atoms with Gasteiger partial charge in [0.15, 0.2) is 6.10 Å². The summed E-state index contributed by atoms with van der Waals surface area (Å²) in [5.41, 5.74) is 0.615. The van der Waals surface area contributed by atoms with Crippen molar-refractivity contribution in [3.05, 3.63) is 28.8 Å². The van der Waals surface area contributed by atoms with Crippen LogP contribution in [0.1, 0.15) is 49.2 Å². The lowest BCUT2D eigenvalue weighted by molar-refractivity contribution is -0.130. The van der Waals surface area contributed by atoms with Crippen LogP contribution in [0.15, 0.2) is 17.0 Å². The van der Waals surface area contributed by atoms with Gasteiger partial charge in [-0.05, 0) is 64.8 Å². The molecule has 1 amide bonds. The van der Waals surface area contributed by atoms with Gasteiger partial charge in [0.05, 0.1) is 10.5 Å². The van der Waals surface area contributed by atoms with Gasteiger partial charge in [-0.25, -0.2) is 18.4 Å². The first-order chi connectivity index (χ1) is 10.7. The molecule has 0 aliphatic carbocycles. The first-order valence-corrected chi connectivity index (χ1v) is 8.94. The number of carbonyl (C=O) groups excluding carboxylic acids is 2. The van der Waals surface area contributed by atoms with E-state index in [0.717, 1.165) is 6.07 Å². The molecule has 0 heterocycles. The molecule has 1 atom stereocenters. The minimum Gasteiger partial charge on any atom is -0.449 e. The fraction of sp³-hybridized carbons (Fsp3) is 0.500. The highest BCUT2D eigenvalue weighted by Crippen LogP contribution is 2.21. The second-order valence-electron chi connectivity index (χ2n) is 6.75. The van der Waals surface area contributed by atoms with E-state index >= 15 is 0 Å². The number of carbonyl (C=O) groups is 2. The standard InChI is InChI=1S/C16H24N2O5S/c1-9-7-12(8-13(10(9)2)24(17,21)22)15(20)23-11(3)14(19)18-16(4,5)6/h7-8,11H,1-6H3,(H,18,19)(H2,17,21,22)/t11-/m1/s1. The van der Waals surface area contributed by atoms with Gasteiger partial charge in [-0.2, -0.15) is 0 Å². The zero-order chi connectivity index (χ0) is 18.9. The Kier molecular flexibility index (Phi) is 5.78. The first-order valence-electron chi connectivity index (χ1n) is 7.39. The van der Waals surface area contributed by atoms with Gasteiger partial charge in [-0.1, -0.05) is 0 Å². The Bertz CT molecular complexity index is 763. The highest BCUT2D eigenvalue weighted by molar-refractivity contribution is 7.89. The van der Waals surface area contributed by atoms with Crippen LogP contribution in [0.4, 0.5) is 0 Å². The van der Waals surface area contributed by atoms with Crippen LogP contribution in [0.5, 0.6) is 0 Å². The van der Waals surface area contributed by atoms with Crippen LogP contribution in [0.25, 0.3) is 0 Å². The summed E-state index contributed by atoms with van der Waals surface area (Å²) in [5.74, 6) is -1.23. The molecule has 1 rings (SSSR count). The van der Waals surface area contributed by atoms with Gasteiger partial charge in [0.1, 0.15) is 0 Å². The van der Waals surface area contributed by atoms with E-state index in [9.17, 15) is 18.0 Å². The van der Waals surface area contributed by atoms with Crippen LogP contribution >= 0.6 is 0 Å². The third-order valence-electron chi connectivity index (χ3n) is 3.31. The van der Waals surface area contributed by atoms with E-state index in [1.807, 2.05) is 0 Å². The number of sulfonamides is 1. The van der Waals surface area contributed by atoms with Crippen LogP contribution < -0.4 is 10.5 Å². The molecule has 0 spiro atoms. The normalized spacial score (nSPS) is 13.3. The number of benzene rings is 1. The van der Waals surface area contributed by atoms with E-state index in [1.54, 1.807) is 34.6 Å². The summed E-state index contributed by atoms with van der Waals surface area (Å²) >= 11 is 0. The van der Waals surface area contributed by atoms with Crippen LogP contribution in [-0.4, -0.2) is 31.9 Å². The van der Waals surface area contributed by atoms with Gasteiger partial charge >= 0.3 is 5.97 Å². The van der Waals surface area contributed by atoms with Crippen LogP contribution in [0.3, 0.4) is 0 Å². The molecule has 0 aromatic heterocycles. The zero-order valence-electron chi connectivity index (χ0n) is 14.8.